The standard InChI is InChI=1S/C17H24N3O3S/c1-12(17(18)23)6-7-16(22)19-14-5-2-8-20(11-15(14)21)10-13-4-3-9-24-13/h3-4,7,9,12,14H,2,5-6,8,10-11H2,1H3,(H2,18,23)(H,19,22)/t12?,14-/m0/s1. The highest BCUT2D eigenvalue weighted by Crippen LogP contribution is 2.16. The highest BCUT2D eigenvalue weighted by Gasteiger charge is 2.26. The van der Waals surface area contributed by atoms with Crippen molar-refractivity contribution >= 4 is 28.9 Å². The molecule has 2 atom stereocenters. The van der Waals surface area contributed by atoms with Gasteiger partial charge in [-0.15, -0.1) is 11.3 Å². The molecule has 3 N–H and O–H groups in total. The zero-order valence-corrected chi connectivity index (χ0v) is 14.7. The predicted octanol–water partition coefficient (Wildman–Crippen LogP) is 1.11. The molecule has 0 bridgehead atoms. The molecule has 24 heavy (non-hydrogen) atoms. The Morgan fingerprint density at radius 3 is 3.00 bits per heavy atom. The third-order valence-electron chi connectivity index (χ3n) is 4.15. The minimum Gasteiger partial charge on any atom is -0.369 e. The van der Waals surface area contributed by atoms with Crippen molar-refractivity contribution in [3.63, 3.8) is 0 Å². The second-order valence-corrected chi connectivity index (χ2v) is 7.24. The van der Waals surface area contributed by atoms with Gasteiger partial charge in [-0.25, -0.2) is 0 Å². The van der Waals surface area contributed by atoms with Gasteiger partial charge in [0.05, 0.1) is 19.0 Å². The van der Waals surface area contributed by atoms with Crippen LogP contribution in [0.25, 0.3) is 0 Å². The van der Waals surface area contributed by atoms with Crippen LogP contribution in [0.1, 0.15) is 31.1 Å². The summed E-state index contributed by atoms with van der Waals surface area (Å²) in [6.45, 7) is 3.64. The van der Waals surface area contributed by atoms with Crippen LogP contribution in [-0.2, 0) is 20.9 Å². The maximum atomic E-state index is 12.4. The highest BCUT2D eigenvalue weighted by molar-refractivity contribution is 7.09. The number of thiophene rings is 1. The molecular formula is C17H24N3O3S. The fraction of sp³-hybridized carbons (Fsp3) is 0.529. The largest absolute Gasteiger partial charge is 0.369 e. The monoisotopic (exact) mass is 350 g/mol. The van der Waals surface area contributed by atoms with Gasteiger partial charge in [0, 0.05) is 17.3 Å². The molecule has 1 saturated heterocycles. The summed E-state index contributed by atoms with van der Waals surface area (Å²) in [5.41, 5.74) is 5.17. The van der Waals surface area contributed by atoms with E-state index in [-0.39, 0.29) is 24.0 Å². The van der Waals surface area contributed by atoms with E-state index in [0.717, 1.165) is 19.5 Å². The highest BCUT2D eigenvalue weighted by atomic mass is 32.1. The van der Waals surface area contributed by atoms with Crippen molar-refractivity contribution in [2.45, 2.75) is 38.8 Å². The summed E-state index contributed by atoms with van der Waals surface area (Å²) < 4.78 is 0. The number of amides is 2. The number of Topliss-reactive ketones (excluding diaryl/α,β-unsaturated/α-hetero) is 1. The van der Waals surface area contributed by atoms with E-state index in [0.29, 0.717) is 13.0 Å². The molecule has 0 saturated carbocycles. The van der Waals surface area contributed by atoms with E-state index in [9.17, 15) is 14.4 Å². The zero-order valence-electron chi connectivity index (χ0n) is 13.9. The first-order chi connectivity index (χ1) is 11.5. The number of nitrogens with one attached hydrogen (secondary N) is 1. The molecule has 1 fully saturated rings. The van der Waals surface area contributed by atoms with Gasteiger partial charge in [-0.05, 0) is 37.3 Å². The summed E-state index contributed by atoms with van der Waals surface area (Å²) in [6.07, 6.45) is 3.19. The minimum absolute atomic E-state index is 0.0359. The summed E-state index contributed by atoms with van der Waals surface area (Å²) >= 11 is 1.68. The smallest absolute Gasteiger partial charge is 0.224 e. The van der Waals surface area contributed by atoms with Crippen molar-refractivity contribution in [2.24, 2.45) is 11.7 Å². The molecule has 6 nitrogen and oxygen atoms in total. The quantitative estimate of drug-likeness (QED) is 0.770. The van der Waals surface area contributed by atoms with Crippen LogP contribution in [0.15, 0.2) is 17.5 Å². The van der Waals surface area contributed by atoms with E-state index in [1.807, 2.05) is 11.4 Å². The maximum absolute atomic E-state index is 12.4. The second-order valence-electron chi connectivity index (χ2n) is 6.20. The van der Waals surface area contributed by atoms with Crippen LogP contribution in [0.4, 0.5) is 0 Å². The molecule has 0 aromatic carbocycles. The van der Waals surface area contributed by atoms with Gasteiger partial charge in [-0.2, -0.15) is 0 Å². The Bertz CT molecular complexity index is 574. The Hall–Kier alpha value is -1.73. The number of hydrogen-bond donors (Lipinski definition) is 2. The van der Waals surface area contributed by atoms with Gasteiger partial charge in [0.1, 0.15) is 0 Å². The Morgan fingerprint density at radius 2 is 2.33 bits per heavy atom. The Morgan fingerprint density at radius 1 is 1.54 bits per heavy atom. The van der Waals surface area contributed by atoms with E-state index in [2.05, 4.69) is 16.3 Å². The third-order valence-corrected chi connectivity index (χ3v) is 5.01. The number of carbonyl (C=O) groups excluding carboxylic acids is 3. The Labute approximate surface area is 146 Å². The zero-order chi connectivity index (χ0) is 17.5. The van der Waals surface area contributed by atoms with E-state index in [1.165, 1.54) is 11.3 Å². The van der Waals surface area contributed by atoms with Crippen LogP contribution in [0.5, 0.6) is 0 Å². The van der Waals surface area contributed by atoms with Crippen molar-refractivity contribution in [3.8, 4) is 0 Å². The number of ketones is 1. The SMILES string of the molecule is CC(C[CH]C(=O)N[C@H]1CCCN(Cc2cccs2)CC1=O)C(N)=O. The lowest BCUT2D eigenvalue weighted by molar-refractivity contribution is -0.126. The Kier molecular flexibility index (Phi) is 6.93. The fourth-order valence-corrected chi connectivity index (χ4v) is 3.38. The van der Waals surface area contributed by atoms with Gasteiger partial charge in [0.15, 0.2) is 5.78 Å². The molecule has 7 heteroatoms. The average Bonchev–Trinajstić information content (AvgIpc) is 2.97. The summed E-state index contributed by atoms with van der Waals surface area (Å²) in [5.74, 6) is -1.10. The van der Waals surface area contributed by atoms with Gasteiger partial charge in [-0.1, -0.05) is 13.0 Å². The maximum Gasteiger partial charge on any atom is 0.224 e. The molecule has 1 aromatic heterocycles. The van der Waals surface area contributed by atoms with Crippen LogP contribution < -0.4 is 11.1 Å². The van der Waals surface area contributed by atoms with Crippen LogP contribution in [0.2, 0.25) is 0 Å². The fourth-order valence-electron chi connectivity index (χ4n) is 2.63. The van der Waals surface area contributed by atoms with Crippen LogP contribution >= 0.6 is 11.3 Å². The Balaban J connectivity index is 1.80. The van der Waals surface area contributed by atoms with Crippen molar-refractivity contribution in [1.82, 2.24) is 10.2 Å². The van der Waals surface area contributed by atoms with Gasteiger partial charge < -0.3 is 11.1 Å². The summed E-state index contributed by atoms with van der Waals surface area (Å²) in [7, 11) is 0. The molecule has 1 unspecified atom stereocenters. The molecule has 0 aliphatic carbocycles. The number of primary amides is 1. The molecule has 2 rings (SSSR count). The van der Waals surface area contributed by atoms with Crippen molar-refractivity contribution < 1.29 is 14.4 Å². The first-order valence-corrected chi connectivity index (χ1v) is 9.04. The molecule has 1 radical (unpaired) electrons. The predicted molar refractivity (Wildman–Crippen MR) is 93.0 cm³/mol. The number of nitrogens with two attached hydrogens (primary N) is 1. The van der Waals surface area contributed by atoms with Crippen LogP contribution in [0.3, 0.4) is 0 Å². The van der Waals surface area contributed by atoms with Crippen LogP contribution in [0, 0.1) is 12.3 Å². The molecular weight excluding hydrogens is 326 g/mol. The number of hydrogen-bond acceptors (Lipinski definition) is 5. The van der Waals surface area contributed by atoms with Crippen molar-refractivity contribution in [3.05, 3.63) is 28.8 Å². The lowest BCUT2D eigenvalue weighted by Gasteiger charge is -2.19. The van der Waals surface area contributed by atoms with E-state index in [1.54, 1.807) is 18.3 Å². The van der Waals surface area contributed by atoms with E-state index in [4.69, 9.17) is 5.73 Å². The molecule has 131 valence electrons. The first-order valence-electron chi connectivity index (χ1n) is 8.16. The summed E-state index contributed by atoms with van der Waals surface area (Å²) in [6, 6.07) is 3.62. The van der Waals surface area contributed by atoms with Gasteiger partial charge >= 0.3 is 0 Å². The lowest BCUT2D eigenvalue weighted by Crippen LogP contribution is -2.43. The minimum atomic E-state index is -0.453. The summed E-state index contributed by atoms with van der Waals surface area (Å²) in [4.78, 5) is 38.7. The third kappa shape index (κ3) is 5.72. The molecule has 1 aliphatic rings. The van der Waals surface area contributed by atoms with E-state index < -0.39 is 11.9 Å². The second kappa shape index (κ2) is 8.94. The average molecular weight is 350 g/mol. The first kappa shape index (κ1) is 18.6. The topological polar surface area (TPSA) is 92.5 Å². The van der Waals surface area contributed by atoms with Gasteiger partial charge in [0.25, 0.3) is 0 Å². The van der Waals surface area contributed by atoms with Gasteiger partial charge in [-0.3, -0.25) is 19.3 Å². The molecule has 2 amide bonds. The normalized spacial score (nSPS) is 20.4. The number of rotatable bonds is 7. The van der Waals surface area contributed by atoms with Gasteiger partial charge in [0.2, 0.25) is 11.8 Å². The molecule has 1 aliphatic heterocycles. The molecule has 0 spiro atoms. The van der Waals surface area contributed by atoms with Crippen LogP contribution in [-0.4, -0.2) is 41.6 Å². The number of carbonyl (C=O) groups is 3. The number of likely N-dealkylation sites (tertiary alicyclic amines) is 1. The number of nitrogens with zero attached hydrogens (tertiary/aromatic N) is 1. The van der Waals surface area contributed by atoms with Crippen molar-refractivity contribution in [1.29, 1.82) is 0 Å². The van der Waals surface area contributed by atoms with Crippen molar-refractivity contribution in [2.75, 3.05) is 13.1 Å². The summed E-state index contributed by atoms with van der Waals surface area (Å²) in [5, 5.41) is 4.79. The molecule has 2 heterocycles. The lowest BCUT2D eigenvalue weighted by atomic mass is 10.0. The van der Waals surface area contributed by atoms with E-state index >= 15 is 0 Å². The molecule has 1 aromatic rings.